The number of amides is 2. The van der Waals surface area contributed by atoms with E-state index in [2.05, 4.69) is 36.3 Å². The highest BCUT2D eigenvalue weighted by atomic mass is 16.5. The van der Waals surface area contributed by atoms with E-state index in [1.54, 1.807) is 0 Å². The van der Waals surface area contributed by atoms with E-state index in [-0.39, 0.29) is 11.6 Å². The van der Waals surface area contributed by atoms with Crippen LogP contribution in [0.4, 0.5) is 4.79 Å². The second kappa shape index (κ2) is 10.8. The average Bonchev–Trinajstić information content (AvgIpc) is 2.53. The van der Waals surface area contributed by atoms with Crippen molar-refractivity contribution in [2.24, 2.45) is 0 Å². The van der Waals surface area contributed by atoms with Crippen molar-refractivity contribution in [2.75, 3.05) is 39.4 Å². The summed E-state index contributed by atoms with van der Waals surface area (Å²) < 4.78 is 5.47. The van der Waals surface area contributed by atoms with E-state index >= 15 is 0 Å². The lowest BCUT2D eigenvalue weighted by Gasteiger charge is -2.41. The number of ether oxygens (including phenoxy) is 1. The van der Waals surface area contributed by atoms with Gasteiger partial charge in [0.2, 0.25) is 0 Å². The van der Waals surface area contributed by atoms with E-state index in [9.17, 15) is 4.79 Å². The molecule has 22 heavy (non-hydrogen) atoms. The fourth-order valence-corrected chi connectivity index (χ4v) is 2.69. The molecular formula is C17H35N3O2. The molecule has 1 saturated heterocycles. The lowest BCUT2D eigenvalue weighted by molar-refractivity contribution is 0.0959. The third-order valence-electron chi connectivity index (χ3n) is 4.29. The van der Waals surface area contributed by atoms with Crippen LogP contribution < -0.4 is 10.6 Å². The fraction of sp³-hybridized carbons (Fsp3) is 0.941. The normalized spacial score (nSPS) is 16.5. The van der Waals surface area contributed by atoms with Crippen molar-refractivity contribution in [1.82, 2.24) is 15.5 Å². The Morgan fingerprint density at radius 3 is 2.45 bits per heavy atom. The number of urea groups is 1. The van der Waals surface area contributed by atoms with Crippen molar-refractivity contribution in [2.45, 2.75) is 64.8 Å². The summed E-state index contributed by atoms with van der Waals surface area (Å²) >= 11 is 0. The van der Waals surface area contributed by atoms with Crippen molar-refractivity contribution in [3.8, 4) is 0 Å². The summed E-state index contributed by atoms with van der Waals surface area (Å²) in [5.74, 6) is 0. The molecular weight excluding hydrogens is 278 g/mol. The van der Waals surface area contributed by atoms with Crippen LogP contribution in [-0.2, 0) is 4.74 Å². The van der Waals surface area contributed by atoms with Crippen LogP contribution in [0.1, 0.15) is 59.3 Å². The molecule has 1 rings (SSSR count). The first-order valence-corrected chi connectivity index (χ1v) is 8.91. The van der Waals surface area contributed by atoms with Crippen LogP contribution in [0.2, 0.25) is 0 Å². The number of likely N-dealkylation sites (tertiary alicyclic amines) is 1. The van der Waals surface area contributed by atoms with Crippen molar-refractivity contribution in [3.05, 3.63) is 0 Å². The van der Waals surface area contributed by atoms with E-state index in [1.807, 2.05) is 0 Å². The molecule has 1 aliphatic heterocycles. The van der Waals surface area contributed by atoms with E-state index in [0.717, 1.165) is 45.6 Å². The molecule has 0 unspecified atom stereocenters. The van der Waals surface area contributed by atoms with Crippen molar-refractivity contribution >= 4 is 6.03 Å². The smallest absolute Gasteiger partial charge is 0.314 e. The largest absolute Gasteiger partial charge is 0.381 e. The quantitative estimate of drug-likeness (QED) is 0.610. The van der Waals surface area contributed by atoms with Gasteiger partial charge in [0.05, 0.1) is 0 Å². The number of hydrogen-bond donors (Lipinski definition) is 2. The number of nitrogens with zero attached hydrogens (tertiary/aromatic N) is 1. The van der Waals surface area contributed by atoms with Gasteiger partial charge in [-0.1, -0.05) is 19.8 Å². The van der Waals surface area contributed by atoms with Gasteiger partial charge in [0.25, 0.3) is 0 Å². The zero-order valence-corrected chi connectivity index (χ0v) is 14.7. The molecule has 0 atom stereocenters. The summed E-state index contributed by atoms with van der Waals surface area (Å²) in [7, 11) is 0. The SMILES string of the molecule is CCCCOCCCNC(=O)NCC(C)(C)N1CCCCC1. The minimum atomic E-state index is -0.0707. The second-order valence-electron chi connectivity index (χ2n) is 6.79. The molecule has 2 N–H and O–H groups in total. The molecule has 5 nitrogen and oxygen atoms in total. The molecule has 1 heterocycles. The number of unbranched alkanes of at least 4 members (excludes halogenated alkanes) is 1. The third kappa shape index (κ3) is 7.99. The molecule has 0 aromatic carbocycles. The van der Waals surface area contributed by atoms with Crippen LogP contribution in [-0.4, -0.2) is 55.9 Å². The first kappa shape index (κ1) is 19.2. The van der Waals surface area contributed by atoms with Gasteiger partial charge in [-0.25, -0.2) is 4.79 Å². The van der Waals surface area contributed by atoms with Gasteiger partial charge in [-0.15, -0.1) is 0 Å². The summed E-state index contributed by atoms with van der Waals surface area (Å²) in [6, 6.07) is -0.0707. The molecule has 0 aliphatic carbocycles. The first-order valence-electron chi connectivity index (χ1n) is 8.91. The van der Waals surface area contributed by atoms with Crippen LogP contribution in [0.15, 0.2) is 0 Å². The standard InChI is InChI=1S/C17H35N3O2/c1-4-5-13-22-14-9-10-18-16(21)19-15-17(2,3)20-11-7-6-8-12-20/h4-15H2,1-3H3,(H2,18,19,21). The molecule has 0 bridgehead atoms. The Bertz CT molecular complexity index is 302. The summed E-state index contributed by atoms with van der Waals surface area (Å²) in [5, 5.41) is 5.90. The maximum absolute atomic E-state index is 11.8. The Kier molecular flexibility index (Phi) is 9.48. The minimum absolute atomic E-state index is 0.0288. The molecule has 0 saturated carbocycles. The summed E-state index contributed by atoms with van der Waals surface area (Å²) in [6.07, 6.45) is 7.02. The van der Waals surface area contributed by atoms with Gasteiger partial charge >= 0.3 is 6.03 Å². The van der Waals surface area contributed by atoms with E-state index in [0.29, 0.717) is 13.1 Å². The Morgan fingerprint density at radius 2 is 1.77 bits per heavy atom. The van der Waals surface area contributed by atoms with Crippen LogP contribution in [0.5, 0.6) is 0 Å². The molecule has 130 valence electrons. The summed E-state index contributed by atoms with van der Waals surface area (Å²) in [5.41, 5.74) is 0.0288. The average molecular weight is 313 g/mol. The van der Waals surface area contributed by atoms with Gasteiger partial charge in [0.15, 0.2) is 0 Å². The lowest BCUT2D eigenvalue weighted by Crippen LogP contribution is -2.54. The number of rotatable bonds is 10. The van der Waals surface area contributed by atoms with E-state index in [4.69, 9.17) is 4.74 Å². The van der Waals surface area contributed by atoms with Gasteiger partial charge in [-0.2, -0.15) is 0 Å². The number of carbonyl (C=O) groups is 1. The third-order valence-corrected chi connectivity index (χ3v) is 4.29. The second-order valence-corrected chi connectivity index (χ2v) is 6.79. The molecule has 2 amide bonds. The number of hydrogen-bond acceptors (Lipinski definition) is 3. The highest BCUT2D eigenvalue weighted by Crippen LogP contribution is 2.19. The molecule has 0 aromatic rings. The van der Waals surface area contributed by atoms with Crippen molar-refractivity contribution in [3.63, 3.8) is 0 Å². The van der Waals surface area contributed by atoms with Gasteiger partial charge in [0, 0.05) is 31.8 Å². The minimum Gasteiger partial charge on any atom is -0.381 e. The maximum Gasteiger partial charge on any atom is 0.314 e. The predicted octanol–water partition coefficient (Wildman–Crippen LogP) is 2.76. The topological polar surface area (TPSA) is 53.6 Å². The van der Waals surface area contributed by atoms with Crippen molar-refractivity contribution in [1.29, 1.82) is 0 Å². The van der Waals surface area contributed by atoms with Gasteiger partial charge in [0.1, 0.15) is 0 Å². The van der Waals surface area contributed by atoms with Crippen molar-refractivity contribution < 1.29 is 9.53 Å². The highest BCUT2D eigenvalue weighted by molar-refractivity contribution is 5.73. The predicted molar refractivity (Wildman–Crippen MR) is 91.2 cm³/mol. The summed E-state index contributed by atoms with van der Waals surface area (Å²) in [6.45, 7) is 11.8. The zero-order valence-electron chi connectivity index (χ0n) is 14.7. The zero-order chi connectivity index (χ0) is 16.3. The Labute approximate surface area is 136 Å². The molecule has 5 heteroatoms. The van der Waals surface area contributed by atoms with E-state index in [1.165, 1.54) is 19.3 Å². The highest BCUT2D eigenvalue weighted by Gasteiger charge is 2.28. The maximum atomic E-state index is 11.8. The van der Waals surface area contributed by atoms with Crippen LogP contribution >= 0.6 is 0 Å². The molecule has 0 aromatic heterocycles. The van der Waals surface area contributed by atoms with Crippen LogP contribution in [0.3, 0.4) is 0 Å². The first-order chi connectivity index (χ1) is 10.6. The Hall–Kier alpha value is -0.810. The number of nitrogens with one attached hydrogen (secondary N) is 2. The molecule has 1 fully saturated rings. The summed E-state index contributed by atoms with van der Waals surface area (Å²) in [4.78, 5) is 14.3. The van der Waals surface area contributed by atoms with Gasteiger partial charge < -0.3 is 15.4 Å². The lowest BCUT2D eigenvalue weighted by atomic mass is 9.98. The Balaban J connectivity index is 2.06. The van der Waals surface area contributed by atoms with E-state index < -0.39 is 0 Å². The molecule has 1 aliphatic rings. The Morgan fingerprint density at radius 1 is 1.09 bits per heavy atom. The molecule has 0 radical (unpaired) electrons. The number of piperidine rings is 1. The fourth-order valence-electron chi connectivity index (χ4n) is 2.69. The van der Waals surface area contributed by atoms with Crippen LogP contribution in [0.25, 0.3) is 0 Å². The monoisotopic (exact) mass is 313 g/mol. The number of carbonyl (C=O) groups excluding carboxylic acids is 1. The van der Waals surface area contributed by atoms with Crippen LogP contribution in [0, 0.1) is 0 Å². The van der Waals surface area contributed by atoms with Gasteiger partial charge in [-0.05, 0) is 52.6 Å². The van der Waals surface area contributed by atoms with Gasteiger partial charge in [-0.3, -0.25) is 4.90 Å². The molecule has 0 spiro atoms.